The van der Waals surface area contributed by atoms with Crippen molar-refractivity contribution in [3.8, 4) is 16.9 Å². The average molecular weight is 446 g/mol. The van der Waals surface area contributed by atoms with Crippen molar-refractivity contribution in [2.75, 3.05) is 43.6 Å². The van der Waals surface area contributed by atoms with Gasteiger partial charge in [0.2, 0.25) is 0 Å². The first-order valence-corrected chi connectivity index (χ1v) is 11.3. The zero-order valence-electron chi connectivity index (χ0n) is 17.7. The van der Waals surface area contributed by atoms with Gasteiger partial charge < -0.3 is 19.7 Å². The molecule has 1 aliphatic heterocycles. The minimum Gasteiger partial charge on any atom is -0.494 e. The van der Waals surface area contributed by atoms with Crippen molar-refractivity contribution in [3.05, 3.63) is 71.7 Å². The summed E-state index contributed by atoms with van der Waals surface area (Å²) in [5.41, 5.74) is 3.60. The van der Waals surface area contributed by atoms with Gasteiger partial charge >= 0.3 is 0 Å². The largest absolute Gasteiger partial charge is 0.494 e. The SMILES string of the molecule is COc1ccc(NC(=O)c2cc(-c3ccccc3)c(N3CCOCC3)s2)c2cccnc12. The second kappa shape index (κ2) is 8.98. The van der Waals surface area contributed by atoms with E-state index in [0.717, 1.165) is 40.1 Å². The lowest BCUT2D eigenvalue weighted by Gasteiger charge is -2.28. The van der Waals surface area contributed by atoms with Gasteiger partial charge in [0.1, 0.15) is 11.3 Å². The molecule has 1 N–H and O–H groups in total. The first-order chi connectivity index (χ1) is 15.7. The van der Waals surface area contributed by atoms with Gasteiger partial charge in [0.25, 0.3) is 5.91 Å². The minimum atomic E-state index is -0.137. The van der Waals surface area contributed by atoms with Crippen molar-refractivity contribution in [1.29, 1.82) is 0 Å². The van der Waals surface area contributed by atoms with Crippen LogP contribution in [0.2, 0.25) is 0 Å². The number of carbonyl (C=O) groups excluding carboxylic acids is 1. The normalized spacial score (nSPS) is 13.8. The van der Waals surface area contributed by atoms with E-state index in [1.165, 1.54) is 11.3 Å². The number of ether oxygens (including phenoxy) is 2. The highest BCUT2D eigenvalue weighted by atomic mass is 32.1. The predicted molar refractivity (Wildman–Crippen MR) is 129 cm³/mol. The number of carbonyl (C=O) groups is 1. The highest BCUT2D eigenvalue weighted by Gasteiger charge is 2.22. The Balaban J connectivity index is 1.51. The Kier molecular flexibility index (Phi) is 5.75. The number of pyridine rings is 1. The summed E-state index contributed by atoms with van der Waals surface area (Å²) in [6.07, 6.45) is 1.72. The van der Waals surface area contributed by atoms with Gasteiger partial charge in [-0.3, -0.25) is 9.78 Å². The molecule has 1 fully saturated rings. The second-order valence-corrected chi connectivity index (χ2v) is 8.49. The molecule has 0 bridgehead atoms. The smallest absolute Gasteiger partial charge is 0.265 e. The summed E-state index contributed by atoms with van der Waals surface area (Å²) < 4.78 is 10.9. The number of rotatable bonds is 5. The summed E-state index contributed by atoms with van der Waals surface area (Å²) in [5, 5.41) is 5.02. The van der Waals surface area contributed by atoms with E-state index in [9.17, 15) is 4.79 Å². The van der Waals surface area contributed by atoms with Crippen LogP contribution in [-0.2, 0) is 4.74 Å². The number of hydrogen-bond acceptors (Lipinski definition) is 6. The van der Waals surface area contributed by atoms with Crippen molar-refractivity contribution in [3.63, 3.8) is 0 Å². The highest BCUT2D eigenvalue weighted by Crippen LogP contribution is 2.40. The number of nitrogens with one attached hydrogen (secondary N) is 1. The maximum absolute atomic E-state index is 13.3. The third-order valence-electron chi connectivity index (χ3n) is 5.52. The second-order valence-electron chi connectivity index (χ2n) is 7.46. The van der Waals surface area contributed by atoms with Crippen molar-refractivity contribution in [2.24, 2.45) is 0 Å². The van der Waals surface area contributed by atoms with Crippen LogP contribution >= 0.6 is 11.3 Å². The number of aromatic nitrogens is 1. The molecular formula is C25H23N3O3S. The molecule has 0 radical (unpaired) electrons. The van der Waals surface area contributed by atoms with Gasteiger partial charge in [-0.05, 0) is 35.9 Å². The quantitative estimate of drug-likeness (QED) is 0.465. The Morgan fingerprint density at radius 3 is 2.69 bits per heavy atom. The third kappa shape index (κ3) is 3.92. The zero-order chi connectivity index (χ0) is 21.9. The van der Waals surface area contributed by atoms with Gasteiger partial charge in [0, 0.05) is 30.2 Å². The Bertz CT molecular complexity index is 1250. The minimum absolute atomic E-state index is 0.137. The van der Waals surface area contributed by atoms with E-state index in [0.29, 0.717) is 29.5 Å². The molecule has 1 saturated heterocycles. The van der Waals surface area contributed by atoms with Crippen LogP contribution in [0.5, 0.6) is 5.75 Å². The van der Waals surface area contributed by atoms with Crippen LogP contribution in [0.4, 0.5) is 10.7 Å². The highest BCUT2D eigenvalue weighted by molar-refractivity contribution is 7.18. The summed E-state index contributed by atoms with van der Waals surface area (Å²) in [7, 11) is 1.62. The summed E-state index contributed by atoms with van der Waals surface area (Å²) in [6, 6.07) is 19.7. The van der Waals surface area contributed by atoms with E-state index >= 15 is 0 Å². The Morgan fingerprint density at radius 2 is 1.91 bits per heavy atom. The zero-order valence-corrected chi connectivity index (χ0v) is 18.5. The maximum Gasteiger partial charge on any atom is 0.265 e. The molecule has 0 atom stereocenters. The van der Waals surface area contributed by atoms with E-state index in [4.69, 9.17) is 9.47 Å². The maximum atomic E-state index is 13.3. The first kappa shape index (κ1) is 20.5. The molecule has 32 heavy (non-hydrogen) atoms. The third-order valence-corrected chi connectivity index (χ3v) is 6.71. The lowest BCUT2D eigenvalue weighted by atomic mass is 10.1. The Morgan fingerprint density at radius 1 is 1.09 bits per heavy atom. The number of thiophene rings is 1. The fraction of sp³-hybridized carbons (Fsp3) is 0.200. The van der Waals surface area contributed by atoms with E-state index < -0.39 is 0 Å². The lowest BCUT2D eigenvalue weighted by molar-refractivity contribution is 0.103. The molecule has 1 amide bonds. The van der Waals surface area contributed by atoms with Gasteiger partial charge in [-0.15, -0.1) is 11.3 Å². The fourth-order valence-electron chi connectivity index (χ4n) is 3.92. The summed E-state index contributed by atoms with van der Waals surface area (Å²) in [6.45, 7) is 3.02. The molecule has 3 heterocycles. The van der Waals surface area contributed by atoms with E-state index in [-0.39, 0.29) is 5.91 Å². The molecule has 5 rings (SSSR count). The molecule has 0 aliphatic carbocycles. The number of anilines is 2. The Labute approximate surface area is 190 Å². The number of fused-ring (bicyclic) bond motifs is 1. The summed E-state index contributed by atoms with van der Waals surface area (Å²) in [4.78, 5) is 20.7. The van der Waals surface area contributed by atoms with Crippen LogP contribution in [0.15, 0.2) is 66.9 Å². The van der Waals surface area contributed by atoms with E-state index in [2.05, 4.69) is 27.3 Å². The molecule has 1 aliphatic rings. The van der Waals surface area contributed by atoms with Crippen LogP contribution in [0.1, 0.15) is 9.67 Å². The molecule has 162 valence electrons. The Hall–Kier alpha value is -3.42. The van der Waals surface area contributed by atoms with Crippen LogP contribution in [0.25, 0.3) is 22.0 Å². The molecule has 0 spiro atoms. The van der Waals surface area contributed by atoms with E-state index in [1.54, 1.807) is 13.3 Å². The van der Waals surface area contributed by atoms with Gasteiger partial charge in [-0.2, -0.15) is 0 Å². The lowest BCUT2D eigenvalue weighted by Crippen LogP contribution is -2.35. The number of morpholine rings is 1. The van der Waals surface area contributed by atoms with Crippen LogP contribution in [0, 0.1) is 0 Å². The number of benzene rings is 2. The molecule has 2 aromatic carbocycles. The van der Waals surface area contributed by atoms with Crippen LogP contribution in [0.3, 0.4) is 0 Å². The van der Waals surface area contributed by atoms with Crippen molar-refractivity contribution >= 4 is 38.8 Å². The van der Waals surface area contributed by atoms with Crippen molar-refractivity contribution in [1.82, 2.24) is 4.98 Å². The molecule has 7 heteroatoms. The van der Waals surface area contributed by atoms with Gasteiger partial charge in [-0.25, -0.2) is 0 Å². The van der Waals surface area contributed by atoms with Gasteiger partial charge in [0.15, 0.2) is 0 Å². The summed E-state index contributed by atoms with van der Waals surface area (Å²) >= 11 is 1.52. The topological polar surface area (TPSA) is 63.7 Å². The number of nitrogens with zero attached hydrogens (tertiary/aromatic N) is 2. The van der Waals surface area contributed by atoms with Crippen molar-refractivity contribution in [2.45, 2.75) is 0 Å². The van der Waals surface area contributed by atoms with Crippen LogP contribution in [-0.4, -0.2) is 44.3 Å². The number of amides is 1. The molecular weight excluding hydrogens is 422 g/mol. The molecule has 0 unspecified atom stereocenters. The number of hydrogen-bond donors (Lipinski definition) is 1. The molecule has 0 saturated carbocycles. The molecule has 6 nitrogen and oxygen atoms in total. The summed E-state index contributed by atoms with van der Waals surface area (Å²) in [5.74, 6) is 0.540. The van der Waals surface area contributed by atoms with Gasteiger partial charge in [0.05, 0.1) is 35.9 Å². The fourth-order valence-corrected chi connectivity index (χ4v) is 5.05. The van der Waals surface area contributed by atoms with Crippen molar-refractivity contribution < 1.29 is 14.3 Å². The first-order valence-electron chi connectivity index (χ1n) is 10.5. The average Bonchev–Trinajstić information content (AvgIpc) is 3.31. The molecule has 2 aromatic heterocycles. The number of methoxy groups -OCH3 is 1. The van der Waals surface area contributed by atoms with Crippen LogP contribution < -0.4 is 15.0 Å². The van der Waals surface area contributed by atoms with Gasteiger partial charge in [-0.1, -0.05) is 30.3 Å². The predicted octanol–water partition coefficient (Wildman–Crippen LogP) is 5.06. The standard InChI is InChI=1S/C25H23N3O3S/c1-30-21-10-9-20(18-8-5-11-26-23(18)21)27-24(29)22-16-19(17-6-3-2-4-7-17)25(32-22)28-12-14-31-15-13-28/h2-11,16H,12-15H2,1H3,(H,27,29). The van der Waals surface area contributed by atoms with E-state index in [1.807, 2.05) is 48.5 Å². The monoisotopic (exact) mass is 445 g/mol. The molecule has 4 aromatic rings.